The number of rotatable bonds is 2. The van der Waals surface area contributed by atoms with Crippen molar-refractivity contribution in [3.63, 3.8) is 0 Å². The summed E-state index contributed by atoms with van der Waals surface area (Å²) >= 11 is 0. The molecule has 158 valence electrons. The van der Waals surface area contributed by atoms with Crippen LogP contribution < -0.4 is 10.3 Å². The van der Waals surface area contributed by atoms with Crippen LogP contribution in [0.4, 0.5) is 0 Å². The lowest BCUT2D eigenvalue weighted by Crippen LogP contribution is -2.45. The molecule has 9 nitrogen and oxygen atoms in total. The van der Waals surface area contributed by atoms with E-state index in [0.717, 1.165) is 0 Å². The number of aromatic nitrogens is 2. The first-order valence-corrected chi connectivity index (χ1v) is 9.79. The lowest BCUT2D eigenvalue weighted by molar-refractivity contribution is -0.565. The van der Waals surface area contributed by atoms with Gasteiger partial charge in [-0.15, -0.1) is 0 Å². The Kier molecular flexibility index (Phi) is 3.97. The zero-order valence-corrected chi connectivity index (χ0v) is 16.7. The molecule has 0 bridgehead atoms. The molecule has 2 aromatic heterocycles. The SMILES string of the molecule is CC[C@@]1(O)C(=O)OCc2c1cc1n(c2=O)C(OC(C)=O)c2cc3ccccc3[n+]([O-])c2-1. The van der Waals surface area contributed by atoms with E-state index < -0.39 is 29.3 Å². The first-order chi connectivity index (χ1) is 14.8. The number of hydrogen-bond acceptors (Lipinski definition) is 7. The highest BCUT2D eigenvalue weighted by atomic mass is 16.6. The molecule has 0 aliphatic carbocycles. The number of carbonyl (C=O) groups excluding carboxylic acids is 2. The molecule has 4 heterocycles. The van der Waals surface area contributed by atoms with Gasteiger partial charge in [0.2, 0.25) is 17.4 Å². The van der Waals surface area contributed by atoms with E-state index in [1.807, 2.05) is 0 Å². The van der Waals surface area contributed by atoms with E-state index in [-0.39, 0.29) is 35.5 Å². The molecule has 3 aromatic rings. The van der Waals surface area contributed by atoms with Gasteiger partial charge in [-0.3, -0.25) is 14.2 Å². The van der Waals surface area contributed by atoms with Gasteiger partial charge in [-0.2, -0.15) is 4.73 Å². The number of carbonyl (C=O) groups is 2. The van der Waals surface area contributed by atoms with Gasteiger partial charge in [-0.1, -0.05) is 19.1 Å². The molecule has 0 spiro atoms. The van der Waals surface area contributed by atoms with Crippen molar-refractivity contribution in [2.45, 2.75) is 38.7 Å². The van der Waals surface area contributed by atoms with Crippen LogP contribution >= 0.6 is 0 Å². The molecular formula is C22H18N2O7. The molecule has 5 rings (SSSR count). The summed E-state index contributed by atoms with van der Waals surface area (Å²) in [4.78, 5) is 37.6. The van der Waals surface area contributed by atoms with Crippen LogP contribution in [0.3, 0.4) is 0 Å². The van der Waals surface area contributed by atoms with Gasteiger partial charge in [0.1, 0.15) is 12.3 Å². The van der Waals surface area contributed by atoms with Gasteiger partial charge in [0.05, 0.1) is 11.1 Å². The van der Waals surface area contributed by atoms with E-state index in [1.54, 1.807) is 37.3 Å². The van der Waals surface area contributed by atoms with Crippen LogP contribution in [0.25, 0.3) is 22.3 Å². The molecule has 0 amide bonds. The maximum Gasteiger partial charge on any atom is 0.343 e. The molecule has 2 atom stereocenters. The first-order valence-electron chi connectivity index (χ1n) is 9.79. The Morgan fingerprint density at radius 1 is 1.35 bits per heavy atom. The second-order valence-corrected chi connectivity index (χ2v) is 7.65. The molecule has 1 aromatic carbocycles. The summed E-state index contributed by atoms with van der Waals surface area (Å²) in [6.07, 6.45) is -1.17. The zero-order chi connectivity index (χ0) is 22.1. The number of fused-ring (bicyclic) bond motifs is 5. The number of hydrogen-bond donors (Lipinski definition) is 1. The third-order valence-corrected chi connectivity index (χ3v) is 5.95. The molecule has 1 N–H and O–H groups in total. The molecule has 9 heteroatoms. The highest BCUT2D eigenvalue weighted by Gasteiger charge is 2.48. The summed E-state index contributed by atoms with van der Waals surface area (Å²) in [6, 6.07) is 10.0. The van der Waals surface area contributed by atoms with Gasteiger partial charge >= 0.3 is 11.9 Å². The first kappa shape index (κ1) is 19.3. The van der Waals surface area contributed by atoms with Crippen molar-refractivity contribution in [1.82, 2.24) is 4.57 Å². The molecule has 2 aliphatic rings. The third-order valence-electron chi connectivity index (χ3n) is 5.95. The van der Waals surface area contributed by atoms with Crippen molar-refractivity contribution in [1.29, 1.82) is 0 Å². The lowest BCUT2D eigenvalue weighted by Gasteiger charge is -2.31. The number of para-hydroxylation sites is 1. The van der Waals surface area contributed by atoms with Crippen molar-refractivity contribution in [3.05, 3.63) is 68.6 Å². The van der Waals surface area contributed by atoms with Crippen molar-refractivity contribution < 1.29 is 28.9 Å². The van der Waals surface area contributed by atoms with Crippen LogP contribution in [0, 0.1) is 5.21 Å². The minimum absolute atomic E-state index is 0.0168. The molecule has 0 radical (unpaired) electrons. The zero-order valence-electron chi connectivity index (χ0n) is 16.7. The maximum atomic E-state index is 13.4. The number of nitrogens with zero attached hydrogens (tertiary/aromatic N) is 2. The van der Waals surface area contributed by atoms with Gasteiger partial charge < -0.3 is 19.8 Å². The molecule has 0 saturated carbocycles. The number of benzene rings is 1. The Morgan fingerprint density at radius 2 is 2.10 bits per heavy atom. The highest BCUT2D eigenvalue weighted by molar-refractivity contribution is 5.85. The quantitative estimate of drug-likeness (QED) is 0.376. The lowest BCUT2D eigenvalue weighted by atomic mass is 9.86. The molecule has 1 unspecified atom stereocenters. The van der Waals surface area contributed by atoms with Crippen molar-refractivity contribution in [2.75, 3.05) is 0 Å². The normalized spacial score (nSPS) is 21.3. The monoisotopic (exact) mass is 422 g/mol. The number of cyclic esters (lactones) is 1. The minimum atomic E-state index is -2.01. The fourth-order valence-corrected chi connectivity index (χ4v) is 4.41. The summed E-state index contributed by atoms with van der Waals surface area (Å²) in [5, 5.41) is 24.9. The smallest absolute Gasteiger partial charge is 0.343 e. The van der Waals surface area contributed by atoms with Crippen LogP contribution in [-0.4, -0.2) is 21.6 Å². The highest BCUT2D eigenvalue weighted by Crippen LogP contribution is 2.42. The van der Waals surface area contributed by atoms with Crippen molar-refractivity contribution in [3.8, 4) is 11.4 Å². The molecule has 0 saturated heterocycles. The van der Waals surface area contributed by atoms with E-state index >= 15 is 0 Å². The average molecular weight is 422 g/mol. The third kappa shape index (κ3) is 2.46. The maximum absolute atomic E-state index is 13.4. The van der Waals surface area contributed by atoms with E-state index in [1.165, 1.54) is 17.6 Å². The Labute approximate surface area is 175 Å². The van der Waals surface area contributed by atoms with Crippen LogP contribution in [0.15, 0.2) is 41.2 Å². The van der Waals surface area contributed by atoms with Gasteiger partial charge in [0, 0.05) is 23.9 Å². The van der Waals surface area contributed by atoms with Crippen LogP contribution in [0.2, 0.25) is 0 Å². The summed E-state index contributed by atoms with van der Waals surface area (Å²) in [5.74, 6) is -1.48. The van der Waals surface area contributed by atoms with Crippen LogP contribution in [-0.2, 0) is 31.3 Å². The van der Waals surface area contributed by atoms with Gasteiger partial charge in [0.15, 0.2) is 5.60 Å². The number of aliphatic hydroxyl groups is 1. The number of esters is 2. The fraction of sp³-hybridized carbons (Fsp3) is 0.273. The standard InChI is InChI=1S/C22H18N2O7/c1-3-22(28)15-9-17-18-13(8-12-6-4-5-7-16(12)24(18)29)20(31-11(2)25)23(17)19(26)14(15)10-30-21(22)27/h4-9,20,28H,3,10H2,1-2H3/t20?,22-/m0/s1. The summed E-state index contributed by atoms with van der Waals surface area (Å²) in [7, 11) is 0. The topological polar surface area (TPSA) is 122 Å². The van der Waals surface area contributed by atoms with E-state index in [4.69, 9.17) is 9.47 Å². The molecule has 0 fully saturated rings. The van der Waals surface area contributed by atoms with Gasteiger partial charge in [-0.25, -0.2) is 4.79 Å². The fourth-order valence-electron chi connectivity index (χ4n) is 4.41. The second-order valence-electron chi connectivity index (χ2n) is 7.65. The Bertz CT molecular complexity index is 1360. The van der Waals surface area contributed by atoms with E-state index in [9.17, 15) is 24.7 Å². The predicted octanol–water partition coefficient (Wildman–Crippen LogP) is 1.38. The summed E-state index contributed by atoms with van der Waals surface area (Å²) < 4.78 is 12.4. The summed E-state index contributed by atoms with van der Waals surface area (Å²) in [6.45, 7) is 2.49. The number of pyridine rings is 2. The second kappa shape index (κ2) is 6.39. The van der Waals surface area contributed by atoms with Gasteiger partial charge in [0.25, 0.3) is 5.56 Å². The minimum Gasteiger partial charge on any atom is -0.618 e. The van der Waals surface area contributed by atoms with E-state index in [2.05, 4.69) is 0 Å². The molecule has 2 aliphatic heterocycles. The molecular weight excluding hydrogens is 404 g/mol. The Morgan fingerprint density at radius 3 is 2.81 bits per heavy atom. The van der Waals surface area contributed by atoms with Crippen molar-refractivity contribution in [2.24, 2.45) is 0 Å². The van der Waals surface area contributed by atoms with E-state index in [0.29, 0.717) is 21.2 Å². The average Bonchev–Trinajstić information content (AvgIpc) is 3.04. The van der Waals surface area contributed by atoms with Crippen LogP contribution in [0.1, 0.15) is 43.2 Å². The van der Waals surface area contributed by atoms with Gasteiger partial charge in [-0.05, 0) is 24.6 Å². The number of ether oxygens (including phenoxy) is 2. The Balaban J connectivity index is 1.90. The predicted molar refractivity (Wildman–Crippen MR) is 106 cm³/mol. The molecule has 31 heavy (non-hydrogen) atoms. The largest absolute Gasteiger partial charge is 0.618 e. The van der Waals surface area contributed by atoms with Crippen molar-refractivity contribution >= 4 is 22.8 Å². The summed E-state index contributed by atoms with van der Waals surface area (Å²) in [5.41, 5.74) is -1.42. The Hall–Kier alpha value is -3.72. The van der Waals surface area contributed by atoms with Crippen LogP contribution in [0.5, 0.6) is 0 Å².